The number of hydrogen-bond donors (Lipinski definition) is 0. The number of carbonyl (C=O) groups is 1. The van der Waals surface area contributed by atoms with Crippen molar-refractivity contribution in [1.29, 1.82) is 0 Å². The van der Waals surface area contributed by atoms with Crippen molar-refractivity contribution < 1.29 is 14.3 Å². The molecule has 0 atom stereocenters. The molecule has 0 spiro atoms. The Balaban J connectivity index is 2.05. The van der Waals surface area contributed by atoms with Crippen molar-refractivity contribution in [2.75, 3.05) is 33.4 Å². The zero-order valence-corrected chi connectivity index (χ0v) is 9.25. The van der Waals surface area contributed by atoms with E-state index < -0.39 is 0 Å². The van der Waals surface area contributed by atoms with Gasteiger partial charge in [0.05, 0.1) is 26.5 Å². The molecule has 15 heavy (non-hydrogen) atoms. The summed E-state index contributed by atoms with van der Waals surface area (Å²) in [6.07, 6.45) is 1.56. The number of morpholine rings is 1. The Morgan fingerprint density at radius 2 is 2.33 bits per heavy atom. The van der Waals surface area contributed by atoms with Gasteiger partial charge in [0.2, 0.25) is 0 Å². The molecule has 0 aromatic carbocycles. The molecule has 0 N–H and O–H groups in total. The maximum Gasteiger partial charge on any atom is 0.273 e. The van der Waals surface area contributed by atoms with E-state index in [9.17, 15) is 4.79 Å². The minimum absolute atomic E-state index is 0.0131. The highest BCUT2D eigenvalue weighted by Gasteiger charge is 2.20. The maximum atomic E-state index is 11.9. The van der Waals surface area contributed by atoms with Crippen LogP contribution in [0.4, 0.5) is 0 Å². The van der Waals surface area contributed by atoms with Crippen molar-refractivity contribution in [2.45, 2.75) is 0 Å². The van der Waals surface area contributed by atoms with E-state index in [1.807, 2.05) is 0 Å². The monoisotopic (exact) mass is 228 g/mol. The first-order valence-electron chi connectivity index (χ1n) is 4.68. The maximum absolute atomic E-state index is 11.9. The first-order chi connectivity index (χ1) is 7.31. The predicted octanol–water partition coefficient (Wildman–Crippen LogP) is 0.624. The molecule has 0 aliphatic carbocycles. The molecule has 5 nitrogen and oxygen atoms in total. The number of nitrogens with zero attached hydrogens (tertiary/aromatic N) is 2. The van der Waals surface area contributed by atoms with E-state index in [1.165, 1.54) is 11.3 Å². The predicted molar refractivity (Wildman–Crippen MR) is 55.4 cm³/mol. The topological polar surface area (TPSA) is 51.7 Å². The van der Waals surface area contributed by atoms with Gasteiger partial charge in [0.15, 0.2) is 0 Å². The number of hydrogen-bond acceptors (Lipinski definition) is 5. The van der Waals surface area contributed by atoms with Crippen LogP contribution in [-0.4, -0.2) is 49.2 Å². The Hall–Kier alpha value is -1.14. The Morgan fingerprint density at radius 1 is 1.60 bits per heavy atom. The van der Waals surface area contributed by atoms with Crippen LogP contribution >= 0.6 is 11.3 Å². The lowest BCUT2D eigenvalue weighted by Crippen LogP contribution is -2.40. The van der Waals surface area contributed by atoms with Gasteiger partial charge in [-0.2, -0.15) is 0 Å². The number of carbonyl (C=O) groups excluding carboxylic acids is 1. The normalized spacial score (nSPS) is 16.5. The fraction of sp³-hybridized carbons (Fsp3) is 0.556. The minimum atomic E-state index is 0.0131. The van der Waals surface area contributed by atoms with Gasteiger partial charge in [-0.05, 0) is 0 Å². The van der Waals surface area contributed by atoms with Gasteiger partial charge in [-0.3, -0.25) is 4.79 Å². The molecule has 82 valence electrons. The molecular formula is C9H12N2O3S. The van der Waals surface area contributed by atoms with Gasteiger partial charge in [0.1, 0.15) is 4.88 Å². The van der Waals surface area contributed by atoms with E-state index in [0.717, 1.165) is 0 Å². The van der Waals surface area contributed by atoms with Crippen molar-refractivity contribution in [3.8, 4) is 5.19 Å². The lowest BCUT2D eigenvalue weighted by atomic mass is 10.4. The summed E-state index contributed by atoms with van der Waals surface area (Å²) in [7, 11) is 1.54. The zero-order valence-electron chi connectivity index (χ0n) is 8.43. The number of thiazole rings is 1. The number of amides is 1. The van der Waals surface area contributed by atoms with E-state index in [-0.39, 0.29) is 5.91 Å². The highest BCUT2D eigenvalue weighted by atomic mass is 32.1. The first-order valence-corrected chi connectivity index (χ1v) is 5.50. The van der Waals surface area contributed by atoms with Gasteiger partial charge < -0.3 is 14.4 Å². The molecule has 0 unspecified atom stereocenters. The Bertz CT molecular complexity index is 347. The summed E-state index contributed by atoms with van der Waals surface area (Å²) >= 11 is 1.27. The minimum Gasteiger partial charge on any atom is -0.473 e. The van der Waals surface area contributed by atoms with E-state index in [2.05, 4.69) is 4.98 Å². The van der Waals surface area contributed by atoms with Gasteiger partial charge in [0, 0.05) is 13.1 Å². The fourth-order valence-electron chi connectivity index (χ4n) is 1.37. The molecule has 1 aliphatic heterocycles. The van der Waals surface area contributed by atoms with Crippen LogP contribution < -0.4 is 4.74 Å². The molecule has 1 aromatic heterocycles. The molecule has 1 aromatic rings. The van der Waals surface area contributed by atoms with Gasteiger partial charge in [-0.15, -0.1) is 0 Å². The molecular weight excluding hydrogens is 216 g/mol. The Labute approximate surface area is 91.6 Å². The van der Waals surface area contributed by atoms with Crippen molar-refractivity contribution in [3.05, 3.63) is 11.1 Å². The highest BCUT2D eigenvalue weighted by Crippen LogP contribution is 2.21. The van der Waals surface area contributed by atoms with Crippen molar-refractivity contribution >= 4 is 17.2 Å². The molecule has 0 saturated carbocycles. The zero-order chi connectivity index (χ0) is 10.7. The van der Waals surface area contributed by atoms with Crippen LogP contribution in [0.5, 0.6) is 5.19 Å². The molecule has 2 rings (SSSR count). The van der Waals surface area contributed by atoms with Gasteiger partial charge in [-0.1, -0.05) is 11.3 Å². The second-order valence-corrected chi connectivity index (χ2v) is 4.09. The Kier molecular flexibility index (Phi) is 3.17. The third-order valence-corrected chi connectivity index (χ3v) is 3.11. The molecule has 1 fully saturated rings. The summed E-state index contributed by atoms with van der Waals surface area (Å²) in [6, 6.07) is 0. The number of rotatable bonds is 2. The molecule has 6 heteroatoms. The van der Waals surface area contributed by atoms with Gasteiger partial charge in [-0.25, -0.2) is 4.98 Å². The number of methoxy groups -OCH3 is 1. The summed E-state index contributed by atoms with van der Waals surface area (Å²) in [5.74, 6) is 0.0131. The first kappa shape index (κ1) is 10.4. The van der Waals surface area contributed by atoms with Crippen LogP contribution in [-0.2, 0) is 4.74 Å². The van der Waals surface area contributed by atoms with Crippen LogP contribution in [0.3, 0.4) is 0 Å². The van der Waals surface area contributed by atoms with Crippen molar-refractivity contribution in [2.24, 2.45) is 0 Å². The van der Waals surface area contributed by atoms with E-state index in [4.69, 9.17) is 9.47 Å². The standard InChI is InChI=1S/C9H12N2O3S/c1-13-9-10-6-7(15-9)8(12)11-2-4-14-5-3-11/h6H,2-5H2,1H3. The molecule has 1 amide bonds. The lowest BCUT2D eigenvalue weighted by Gasteiger charge is -2.26. The van der Waals surface area contributed by atoms with Crippen LogP contribution in [0.1, 0.15) is 9.67 Å². The average molecular weight is 228 g/mol. The summed E-state index contributed by atoms with van der Waals surface area (Å²) < 4.78 is 10.1. The number of ether oxygens (including phenoxy) is 2. The van der Waals surface area contributed by atoms with Crippen LogP contribution in [0.2, 0.25) is 0 Å². The second kappa shape index (κ2) is 4.59. The summed E-state index contributed by atoms with van der Waals surface area (Å²) in [5, 5.41) is 0.520. The van der Waals surface area contributed by atoms with Gasteiger partial charge >= 0.3 is 0 Å². The van der Waals surface area contributed by atoms with Crippen LogP contribution in [0, 0.1) is 0 Å². The smallest absolute Gasteiger partial charge is 0.273 e. The summed E-state index contributed by atoms with van der Waals surface area (Å²) in [4.78, 5) is 18.3. The Morgan fingerprint density at radius 3 is 2.93 bits per heavy atom. The van der Waals surface area contributed by atoms with Crippen molar-refractivity contribution in [3.63, 3.8) is 0 Å². The van der Waals surface area contributed by atoms with Crippen LogP contribution in [0.25, 0.3) is 0 Å². The summed E-state index contributed by atoms with van der Waals surface area (Å²) in [5.41, 5.74) is 0. The largest absolute Gasteiger partial charge is 0.473 e. The molecule has 0 bridgehead atoms. The lowest BCUT2D eigenvalue weighted by molar-refractivity contribution is 0.0306. The van der Waals surface area contributed by atoms with E-state index in [1.54, 1.807) is 18.2 Å². The SMILES string of the molecule is COc1ncc(C(=O)N2CCOCC2)s1. The number of aromatic nitrogens is 1. The fourth-order valence-corrected chi connectivity index (χ4v) is 2.07. The van der Waals surface area contributed by atoms with Crippen molar-refractivity contribution in [1.82, 2.24) is 9.88 Å². The van der Waals surface area contributed by atoms with Crippen LogP contribution in [0.15, 0.2) is 6.20 Å². The third-order valence-electron chi connectivity index (χ3n) is 2.17. The quantitative estimate of drug-likeness (QED) is 0.744. The third kappa shape index (κ3) is 2.27. The van der Waals surface area contributed by atoms with E-state index >= 15 is 0 Å². The summed E-state index contributed by atoms with van der Waals surface area (Å²) in [6.45, 7) is 2.53. The average Bonchev–Trinajstić information content (AvgIpc) is 2.78. The second-order valence-electron chi connectivity index (χ2n) is 3.10. The van der Waals surface area contributed by atoms with E-state index in [0.29, 0.717) is 36.4 Å². The molecule has 2 heterocycles. The molecule has 0 radical (unpaired) electrons. The highest BCUT2D eigenvalue weighted by molar-refractivity contribution is 7.15. The molecule has 1 aliphatic rings. The molecule has 1 saturated heterocycles. The van der Waals surface area contributed by atoms with Gasteiger partial charge in [0.25, 0.3) is 11.1 Å².